The van der Waals surface area contributed by atoms with Gasteiger partial charge in [0, 0.05) is 6.26 Å². The maximum absolute atomic E-state index is 8.45. The van der Waals surface area contributed by atoms with Gasteiger partial charge in [-0.2, -0.15) is 10.6 Å². The van der Waals surface area contributed by atoms with Gasteiger partial charge in [0.1, 0.15) is 0 Å². The highest BCUT2D eigenvalue weighted by atomic mass is 32.3. The van der Waals surface area contributed by atoms with Crippen LogP contribution in [-0.2, 0) is 4.84 Å². The molecule has 4 N–H and O–H groups in total. The minimum Gasteiger partial charge on any atom is -0.297 e. The van der Waals surface area contributed by atoms with Crippen LogP contribution in [0.25, 0.3) is 0 Å². The molecule has 0 aromatic heterocycles. The Morgan fingerprint density at radius 3 is 2.14 bits per heavy atom. The van der Waals surface area contributed by atoms with Gasteiger partial charge in [0.2, 0.25) is 0 Å². The topological polar surface area (TPSA) is 75.7 Å². The zero-order valence-electron chi connectivity index (χ0n) is 4.00. The summed E-state index contributed by atoms with van der Waals surface area (Å²) in [5.74, 6) is 4.33. The molecular weight excluding hydrogens is 118 g/mol. The van der Waals surface area contributed by atoms with Crippen molar-refractivity contribution in [3.8, 4) is 0 Å². The molecule has 0 fully saturated rings. The van der Waals surface area contributed by atoms with E-state index in [1.165, 1.54) is 6.26 Å². The van der Waals surface area contributed by atoms with Crippen LogP contribution < -0.4 is 5.90 Å². The third-order valence-electron chi connectivity index (χ3n) is 0.291. The molecule has 0 aliphatic rings. The van der Waals surface area contributed by atoms with Crippen molar-refractivity contribution in [2.75, 3.05) is 12.2 Å². The second-order valence-electron chi connectivity index (χ2n) is 1.28. The maximum atomic E-state index is 8.45. The van der Waals surface area contributed by atoms with E-state index >= 15 is 0 Å². The van der Waals surface area contributed by atoms with Crippen LogP contribution in [0.4, 0.5) is 0 Å². The predicted molar refractivity (Wildman–Crippen MR) is 28.9 cm³/mol. The number of rotatable bonds is 2. The third kappa shape index (κ3) is 6.19. The molecule has 4 nitrogen and oxygen atoms in total. The van der Waals surface area contributed by atoms with Crippen LogP contribution in [0.15, 0.2) is 0 Å². The summed E-state index contributed by atoms with van der Waals surface area (Å²) in [5.41, 5.74) is 0. The van der Waals surface area contributed by atoms with E-state index in [0.717, 1.165) is 0 Å². The summed E-state index contributed by atoms with van der Waals surface area (Å²) >= 11 is 0. The van der Waals surface area contributed by atoms with Crippen LogP contribution in [0, 0.1) is 0 Å². The summed E-state index contributed by atoms with van der Waals surface area (Å²) in [6.45, 7) is 0. The number of nitrogens with two attached hydrogens (primary N) is 1. The van der Waals surface area contributed by atoms with E-state index in [0.29, 0.717) is 0 Å². The Balaban J connectivity index is 3.15. The summed E-state index contributed by atoms with van der Waals surface area (Å²) in [5, 5.41) is 0. The average molecular weight is 127 g/mol. The Hall–Kier alpha value is 0.190. The molecule has 0 saturated heterocycles. The fraction of sp³-hybridized carbons (Fsp3) is 1.00. The van der Waals surface area contributed by atoms with E-state index in [1.54, 1.807) is 0 Å². The Bertz CT molecular complexity index is 51.4. The first kappa shape index (κ1) is 7.19. The van der Waals surface area contributed by atoms with Crippen molar-refractivity contribution in [3.05, 3.63) is 0 Å². The Morgan fingerprint density at radius 1 is 1.71 bits per heavy atom. The molecule has 0 aromatic carbocycles. The van der Waals surface area contributed by atoms with Crippen molar-refractivity contribution in [2.45, 2.75) is 0 Å². The zero-order valence-corrected chi connectivity index (χ0v) is 4.81. The van der Waals surface area contributed by atoms with E-state index in [-0.39, 0.29) is 5.94 Å². The molecule has 0 aromatic rings. The van der Waals surface area contributed by atoms with Gasteiger partial charge in [0.25, 0.3) is 0 Å². The van der Waals surface area contributed by atoms with Gasteiger partial charge in [-0.3, -0.25) is 13.9 Å². The Labute approximate surface area is 43.6 Å². The summed E-state index contributed by atoms with van der Waals surface area (Å²) in [4.78, 5) is 3.94. The van der Waals surface area contributed by atoms with E-state index in [2.05, 4.69) is 10.7 Å². The predicted octanol–water partition coefficient (Wildman–Crippen LogP) is 0.215. The quantitative estimate of drug-likeness (QED) is 0.463. The first-order valence-electron chi connectivity index (χ1n) is 1.59. The zero-order chi connectivity index (χ0) is 5.91. The molecule has 0 atom stereocenters. The molecule has 0 aliphatic heterocycles. The van der Waals surface area contributed by atoms with Crippen molar-refractivity contribution in [2.24, 2.45) is 5.90 Å². The number of hydrogen-bond acceptors (Lipinski definition) is 4. The van der Waals surface area contributed by atoms with Crippen LogP contribution in [0.1, 0.15) is 0 Å². The van der Waals surface area contributed by atoms with Crippen molar-refractivity contribution in [3.63, 3.8) is 0 Å². The Kier molecular flexibility index (Phi) is 2.55. The van der Waals surface area contributed by atoms with Gasteiger partial charge in [-0.25, -0.2) is 5.90 Å². The standard InChI is InChI=1S/C2H9NO3S/c1-7(4,5)2-6-3/h4-5H,2-3H2,1H3. The third-order valence-corrected chi connectivity index (χ3v) is 0.874. The monoisotopic (exact) mass is 127 g/mol. The van der Waals surface area contributed by atoms with Gasteiger partial charge < -0.3 is 0 Å². The maximum Gasteiger partial charge on any atom is 0.156 e. The van der Waals surface area contributed by atoms with Crippen LogP contribution in [-0.4, -0.2) is 21.3 Å². The van der Waals surface area contributed by atoms with E-state index in [9.17, 15) is 0 Å². The summed E-state index contributed by atoms with van der Waals surface area (Å²) in [7, 11) is -2.52. The highest BCUT2D eigenvalue weighted by molar-refractivity contribution is 8.23. The van der Waals surface area contributed by atoms with Crippen LogP contribution in [0.2, 0.25) is 0 Å². The van der Waals surface area contributed by atoms with Crippen molar-refractivity contribution in [1.82, 2.24) is 0 Å². The molecule has 0 saturated carbocycles. The average Bonchev–Trinajstić information content (AvgIpc) is 1.30. The molecule has 5 heteroatoms. The lowest BCUT2D eigenvalue weighted by molar-refractivity contribution is 0.176. The highest BCUT2D eigenvalue weighted by Gasteiger charge is 1.99. The molecular formula is C2H9NO3S. The van der Waals surface area contributed by atoms with Crippen LogP contribution >= 0.6 is 10.6 Å². The normalized spacial score (nSPS) is 14.3. The van der Waals surface area contributed by atoms with Crippen LogP contribution in [0.5, 0.6) is 0 Å². The van der Waals surface area contributed by atoms with Gasteiger partial charge in [0.15, 0.2) is 5.94 Å². The van der Waals surface area contributed by atoms with E-state index < -0.39 is 10.6 Å². The molecule has 0 rings (SSSR count). The largest absolute Gasteiger partial charge is 0.297 e. The van der Waals surface area contributed by atoms with Gasteiger partial charge in [-0.15, -0.1) is 0 Å². The van der Waals surface area contributed by atoms with Gasteiger partial charge in [0.05, 0.1) is 0 Å². The minimum absolute atomic E-state index is 0.188. The summed E-state index contributed by atoms with van der Waals surface area (Å²) in [6.07, 6.45) is 1.26. The van der Waals surface area contributed by atoms with Crippen molar-refractivity contribution in [1.29, 1.82) is 0 Å². The minimum atomic E-state index is -2.52. The molecule has 0 aliphatic carbocycles. The Morgan fingerprint density at radius 2 is 2.14 bits per heavy atom. The van der Waals surface area contributed by atoms with E-state index in [1.807, 2.05) is 0 Å². The first-order valence-corrected chi connectivity index (χ1v) is 3.71. The molecule has 0 radical (unpaired) electrons. The molecule has 46 valence electrons. The second kappa shape index (κ2) is 2.49. The lowest BCUT2D eigenvalue weighted by atomic mass is 11.7. The summed E-state index contributed by atoms with van der Waals surface area (Å²) < 4.78 is 16.9. The van der Waals surface area contributed by atoms with Crippen molar-refractivity contribution >= 4 is 10.6 Å². The number of hydrogen-bond donors (Lipinski definition) is 3. The molecule has 0 unspecified atom stereocenters. The SMILES string of the molecule is CS(O)(O)CON. The molecule has 0 bridgehead atoms. The smallest absolute Gasteiger partial charge is 0.156 e. The first-order chi connectivity index (χ1) is 3.06. The molecule has 7 heavy (non-hydrogen) atoms. The lowest BCUT2D eigenvalue weighted by Crippen LogP contribution is -2.08. The highest BCUT2D eigenvalue weighted by Crippen LogP contribution is 2.31. The van der Waals surface area contributed by atoms with Gasteiger partial charge in [-0.05, 0) is 0 Å². The van der Waals surface area contributed by atoms with Crippen LogP contribution in [0.3, 0.4) is 0 Å². The molecule has 0 amide bonds. The molecule has 0 heterocycles. The van der Waals surface area contributed by atoms with Crippen molar-refractivity contribution < 1.29 is 13.9 Å². The van der Waals surface area contributed by atoms with E-state index in [4.69, 9.17) is 9.11 Å². The lowest BCUT2D eigenvalue weighted by Gasteiger charge is -2.23. The second-order valence-corrected chi connectivity index (χ2v) is 3.50. The summed E-state index contributed by atoms with van der Waals surface area (Å²) in [6, 6.07) is 0. The fourth-order valence-electron chi connectivity index (χ4n) is 0.129. The van der Waals surface area contributed by atoms with Gasteiger partial charge in [-0.1, -0.05) is 0 Å². The van der Waals surface area contributed by atoms with Gasteiger partial charge >= 0.3 is 0 Å². The molecule has 0 spiro atoms. The fourth-order valence-corrected chi connectivity index (χ4v) is 0.387.